The van der Waals surface area contributed by atoms with Crippen LogP contribution in [0, 0.1) is 5.92 Å². The molecule has 3 rings (SSSR count). The summed E-state index contributed by atoms with van der Waals surface area (Å²) in [6.07, 6.45) is 7.16. The third-order valence-corrected chi connectivity index (χ3v) is 5.14. The molecule has 1 aromatic carbocycles. The first-order chi connectivity index (χ1) is 11.4. The predicted molar refractivity (Wildman–Crippen MR) is 97.3 cm³/mol. The van der Waals surface area contributed by atoms with Crippen LogP contribution in [0.3, 0.4) is 0 Å². The Morgan fingerprint density at radius 2 is 1.71 bits per heavy atom. The van der Waals surface area contributed by atoms with E-state index in [0.29, 0.717) is 0 Å². The molecule has 0 aromatic heterocycles. The summed E-state index contributed by atoms with van der Waals surface area (Å²) in [7, 11) is 0. The molecule has 1 heterocycles. The fourth-order valence-electron chi connectivity index (χ4n) is 3.47. The summed E-state index contributed by atoms with van der Waals surface area (Å²) < 4.78 is 5.46. The van der Waals surface area contributed by atoms with Gasteiger partial charge in [-0.15, -0.1) is 0 Å². The van der Waals surface area contributed by atoms with Crippen LogP contribution < -0.4 is 0 Å². The van der Waals surface area contributed by atoms with Gasteiger partial charge in [0.05, 0.1) is 0 Å². The van der Waals surface area contributed by atoms with E-state index in [1.54, 1.807) is 0 Å². The monoisotopic (exact) mass is 329 g/mol. The van der Waals surface area contributed by atoms with Crippen molar-refractivity contribution >= 4 is 6.09 Å². The van der Waals surface area contributed by atoms with E-state index in [4.69, 9.17) is 4.74 Å². The molecule has 1 saturated heterocycles. The van der Waals surface area contributed by atoms with E-state index in [9.17, 15) is 4.79 Å². The number of ether oxygens (including phenoxy) is 1. The highest BCUT2D eigenvalue weighted by molar-refractivity contribution is 5.68. The zero-order valence-electron chi connectivity index (χ0n) is 15.4. The molecule has 1 aliphatic carbocycles. The van der Waals surface area contributed by atoms with Gasteiger partial charge in [0.2, 0.25) is 0 Å². The standard InChI is InChI=1S/C21H31NO2/c1-21(2,3)24-20(23)22-14-12-17(13-15-22)5-4-16-6-8-18(9-7-16)19-10-11-19/h6-9,17,19H,4-5,10-15H2,1-3H3. The van der Waals surface area contributed by atoms with Gasteiger partial charge in [0.15, 0.2) is 0 Å². The van der Waals surface area contributed by atoms with Crippen LogP contribution in [-0.4, -0.2) is 29.7 Å². The fourth-order valence-corrected chi connectivity index (χ4v) is 3.47. The van der Waals surface area contributed by atoms with E-state index in [2.05, 4.69) is 24.3 Å². The topological polar surface area (TPSA) is 29.5 Å². The summed E-state index contributed by atoms with van der Waals surface area (Å²) in [6, 6.07) is 9.25. The van der Waals surface area contributed by atoms with Gasteiger partial charge in [-0.05, 0) is 82.3 Å². The zero-order valence-corrected chi connectivity index (χ0v) is 15.4. The Kier molecular flexibility index (Phi) is 5.17. The number of benzene rings is 1. The average Bonchev–Trinajstić information content (AvgIpc) is 3.37. The molecule has 0 radical (unpaired) electrons. The summed E-state index contributed by atoms with van der Waals surface area (Å²) in [5.41, 5.74) is 2.57. The Hall–Kier alpha value is -1.51. The predicted octanol–water partition coefficient (Wildman–Crippen LogP) is 5.14. The van der Waals surface area contributed by atoms with Crippen molar-refractivity contribution in [1.82, 2.24) is 4.90 Å². The average molecular weight is 329 g/mol. The SMILES string of the molecule is CC(C)(C)OC(=O)N1CCC(CCc2ccc(C3CC3)cc2)CC1. The van der Waals surface area contributed by atoms with Gasteiger partial charge in [0.25, 0.3) is 0 Å². The van der Waals surface area contributed by atoms with E-state index >= 15 is 0 Å². The molecule has 2 aliphatic rings. The van der Waals surface area contributed by atoms with Crippen molar-refractivity contribution in [3.8, 4) is 0 Å². The summed E-state index contributed by atoms with van der Waals surface area (Å²) in [5, 5.41) is 0. The van der Waals surface area contributed by atoms with Crippen molar-refractivity contribution in [3.05, 3.63) is 35.4 Å². The highest BCUT2D eigenvalue weighted by Crippen LogP contribution is 2.40. The van der Waals surface area contributed by atoms with Crippen LogP contribution in [0.5, 0.6) is 0 Å². The minimum Gasteiger partial charge on any atom is -0.444 e. The van der Waals surface area contributed by atoms with E-state index < -0.39 is 5.60 Å². The third-order valence-electron chi connectivity index (χ3n) is 5.14. The first-order valence-corrected chi connectivity index (χ1v) is 9.47. The van der Waals surface area contributed by atoms with Gasteiger partial charge in [0.1, 0.15) is 5.60 Å². The summed E-state index contributed by atoms with van der Waals surface area (Å²) >= 11 is 0. The van der Waals surface area contributed by atoms with Crippen LogP contribution in [0.15, 0.2) is 24.3 Å². The van der Waals surface area contributed by atoms with Gasteiger partial charge < -0.3 is 9.64 Å². The van der Waals surface area contributed by atoms with Crippen LogP contribution in [0.4, 0.5) is 4.79 Å². The number of hydrogen-bond acceptors (Lipinski definition) is 2. The van der Waals surface area contributed by atoms with Crippen molar-refractivity contribution < 1.29 is 9.53 Å². The van der Waals surface area contributed by atoms with Gasteiger partial charge in [-0.3, -0.25) is 0 Å². The molecule has 3 nitrogen and oxygen atoms in total. The lowest BCUT2D eigenvalue weighted by atomic mass is 9.90. The lowest BCUT2D eigenvalue weighted by Crippen LogP contribution is -2.41. The highest BCUT2D eigenvalue weighted by atomic mass is 16.6. The van der Waals surface area contributed by atoms with Crippen LogP contribution in [0.2, 0.25) is 0 Å². The number of carbonyl (C=O) groups is 1. The maximum Gasteiger partial charge on any atom is 0.410 e. The number of aryl methyl sites for hydroxylation is 1. The Morgan fingerprint density at radius 3 is 2.25 bits per heavy atom. The first-order valence-electron chi connectivity index (χ1n) is 9.47. The minimum absolute atomic E-state index is 0.156. The van der Waals surface area contributed by atoms with Crippen LogP contribution in [-0.2, 0) is 11.2 Å². The molecular formula is C21H31NO2. The van der Waals surface area contributed by atoms with E-state index in [1.807, 2.05) is 25.7 Å². The molecule has 132 valence electrons. The van der Waals surface area contributed by atoms with Gasteiger partial charge in [-0.25, -0.2) is 4.79 Å². The smallest absolute Gasteiger partial charge is 0.410 e. The second-order valence-corrected chi connectivity index (χ2v) is 8.47. The van der Waals surface area contributed by atoms with Crippen molar-refractivity contribution in [3.63, 3.8) is 0 Å². The lowest BCUT2D eigenvalue weighted by molar-refractivity contribution is 0.0181. The molecule has 0 unspecified atom stereocenters. The third kappa shape index (κ3) is 4.99. The number of carbonyl (C=O) groups excluding carboxylic acids is 1. The van der Waals surface area contributed by atoms with Crippen LogP contribution in [0.25, 0.3) is 0 Å². The molecule has 24 heavy (non-hydrogen) atoms. The fraction of sp³-hybridized carbons (Fsp3) is 0.667. The molecule has 1 aliphatic heterocycles. The molecule has 0 bridgehead atoms. The maximum absolute atomic E-state index is 12.1. The Labute approximate surface area is 146 Å². The van der Waals surface area contributed by atoms with Gasteiger partial charge in [-0.2, -0.15) is 0 Å². The van der Waals surface area contributed by atoms with Gasteiger partial charge in [-0.1, -0.05) is 24.3 Å². The van der Waals surface area contributed by atoms with E-state index in [1.165, 1.54) is 30.4 Å². The minimum atomic E-state index is -0.402. The largest absolute Gasteiger partial charge is 0.444 e. The molecular weight excluding hydrogens is 298 g/mol. The molecule has 1 saturated carbocycles. The van der Waals surface area contributed by atoms with Gasteiger partial charge >= 0.3 is 6.09 Å². The molecule has 0 N–H and O–H groups in total. The first kappa shape index (κ1) is 17.3. The van der Waals surface area contributed by atoms with Crippen LogP contribution in [0.1, 0.15) is 69.9 Å². The number of amides is 1. The quantitative estimate of drug-likeness (QED) is 0.765. The summed E-state index contributed by atoms with van der Waals surface area (Å²) in [5.74, 6) is 1.57. The number of likely N-dealkylation sites (tertiary alicyclic amines) is 1. The highest BCUT2D eigenvalue weighted by Gasteiger charge is 2.27. The molecule has 3 heteroatoms. The lowest BCUT2D eigenvalue weighted by Gasteiger charge is -2.33. The Balaban J connectivity index is 1.39. The molecule has 0 atom stereocenters. The zero-order chi connectivity index (χ0) is 17.2. The Morgan fingerprint density at radius 1 is 1.08 bits per heavy atom. The van der Waals surface area contributed by atoms with E-state index in [-0.39, 0.29) is 6.09 Å². The van der Waals surface area contributed by atoms with Crippen molar-refractivity contribution in [1.29, 1.82) is 0 Å². The summed E-state index contributed by atoms with van der Waals surface area (Å²) in [6.45, 7) is 7.44. The maximum atomic E-state index is 12.1. The van der Waals surface area contributed by atoms with Crippen molar-refractivity contribution in [2.45, 2.75) is 70.8 Å². The molecule has 1 aromatic rings. The van der Waals surface area contributed by atoms with Gasteiger partial charge in [0, 0.05) is 13.1 Å². The second kappa shape index (κ2) is 7.16. The normalized spacial score (nSPS) is 19.4. The van der Waals surface area contributed by atoms with Crippen molar-refractivity contribution in [2.24, 2.45) is 5.92 Å². The second-order valence-electron chi connectivity index (χ2n) is 8.47. The number of rotatable bonds is 4. The number of nitrogens with zero attached hydrogens (tertiary/aromatic N) is 1. The number of piperidine rings is 1. The number of hydrogen-bond donors (Lipinski definition) is 0. The molecule has 1 amide bonds. The molecule has 2 fully saturated rings. The van der Waals surface area contributed by atoms with E-state index in [0.717, 1.165) is 44.2 Å². The van der Waals surface area contributed by atoms with Crippen molar-refractivity contribution in [2.75, 3.05) is 13.1 Å². The van der Waals surface area contributed by atoms with Crippen LogP contribution >= 0.6 is 0 Å². The Bertz CT molecular complexity index is 546. The molecule has 0 spiro atoms. The summed E-state index contributed by atoms with van der Waals surface area (Å²) in [4.78, 5) is 14.0.